The van der Waals surface area contributed by atoms with E-state index in [9.17, 15) is 9.59 Å². The van der Waals surface area contributed by atoms with Crippen LogP contribution in [-0.4, -0.2) is 38.0 Å². The van der Waals surface area contributed by atoms with E-state index in [4.69, 9.17) is 0 Å². The zero-order valence-electron chi connectivity index (χ0n) is 8.43. The van der Waals surface area contributed by atoms with Crippen molar-refractivity contribution in [2.45, 2.75) is 25.3 Å². The lowest BCUT2D eigenvalue weighted by molar-refractivity contribution is -0.122. The van der Waals surface area contributed by atoms with Crippen molar-refractivity contribution in [3.8, 4) is 0 Å². The molecule has 1 unspecified atom stereocenters. The molecule has 3 N–H and O–H groups in total. The average molecular weight is 199 g/mol. The minimum absolute atomic E-state index is 0.0466. The van der Waals surface area contributed by atoms with Crippen molar-refractivity contribution in [3.63, 3.8) is 0 Å². The van der Waals surface area contributed by atoms with E-state index in [1.54, 1.807) is 7.05 Å². The van der Waals surface area contributed by atoms with Crippen LogP contribution < -0.4 is 16.0 Å². The second-order valence-corrected chi connectivity index (χ2v) is 3.45. The largest absolute Gasteiger partial charge is 0.358 e. The highest BCUT2D eigenvalue weighted by molar-refractivity contribution is 5.78. The van der Waals surface area contributed by atoms with Crippen molar-refractivity contribution in [1.29, 1.82) is 0 Å². The average Bonchev–Trinajstić information content (AvgIpc) is 2.39. The van der Waals surface area contributed by atoms with Crippen LogP contribution in [0.3, 0.4) is 0 Å². The molecule has 5 heteroatoms. The molecule has 0 aromatic heterocycles. The highest BCUT2D eigenvalue weighted by Gasteiger charge is 2.17. The van der Waals surface area contributed by atoms with Crippen LogP contribution in [0.15, 0.2) is 0 Å². The Morgan fingerprint density at radius 3 is 3.14 bits per heavy atom. The monoisotopic (exact) mass is 199 g/mol. The van der Waals surface area contributed by atoms with Gasteiger partial charge in [-0.1, -0.05) is 0 Å². The van der Waals surface area contributed by atoms with Crippen LogP contribution in [0, 0.1) is 0 Å². The molecule has 1 aliphatic heterocycles. The fraction of sp³-hybridized carbons (Fsp3) is 0.778. The van der Waals surface area contributed by atoms with Crippen molar-refractivity contribution in [2.75, 3.05) is 20.1 Å². The number of nitrogens with one attached hydrogen (secondary N) is 3. The molecule has 1 atom stereocenters. The van der Waals surface area contributed by atoms with Crippen molar-refractivity contribution in [1.82, 2.24) is 16.0 Å². The van der Waals surface area contributed by atoms with Gasteiger partial charge in [0.15, 0.2) is 0 Å². The second-order valence-electron chi connectivity index (χ2n) is 3.45. The van der Waals surface area contributed by atoms with E-state index in [0.717, 1.165) is 19.4 Å². The summed E-state index contributed by atoms with van der Waals surface area (Å²) in [5.41, 5.74) is 0. The molecule has 0 radical (unpaired) electrons. The molecule has 5 nitrogen and oxygen atoms in total. The maximum atomic E-state index is 11.2. The zero-order chi connectivity index (χ0) is 10.4. The number of amides is 2. The summed E-state index contributed by atoms with van der Waals surface area (Å²) in [5.74, 6) is 0.0200. The van der Waals surface area contributed by atoms with Gasteiger partial charge in [0.1, 0.15) is 0 Å². The van der Waals surface area contributed by atoms with Crippen LogP contribution in [0.1, 0.15) is 19.3 Å². The van der Waals surface area contributed by atoms with Crippen molar-refractivity contribution in [2.24, 2.45) is 0 Å². The van der Waals surface area contributed by atoms with Crippen molar-refractivity contribution >= 4 is 11.8 Å². The molecule has 1 heterocycles. The van der Waals surface area contributed by atoms with E-state index < -0.39 is 0 Å². The van der Waals surface area contributed by atoms with E-state index >= 15 is 0 Å². The normalized spacial score (nSPS) is 22.4. The summed E-state index contributed by atoms with van der Waals surface area (Å²) in [7, 11) is 1.60. The molecule has 1 aliphatic rings. The first-order chi connectivity index (χ1) is 6.72. The van der Waals surface area contributed by atoms with Gasteiger partial charge in [-0.3, -0.25) is 9.59 Å². The molecule has 80 valence electrons. The number of hydrogen-bond acceptors (Lipinski definition) is 3. The Hall–Kier alpha value is -1.10. The number of likely N-dealkylation sites (N-methyl/N-ethyl adjacent to an activating group) is 1. The highest BCUT2D eigenvalue weighted by atomic mass is 16.2. The van der Waals surface area contributed by atoms with Crippen LogP contribution >= 0.6 is 0 Å². The fourth-order valence-electron chi connectivity index (χ4n) is 1.47. The number of carbonyl (C=O) groups is 2. The molecule has 0 spiro atoms. The Labute approximate surface area is 83.6 Å². The molecule has 0 saturated carbocycles. The highest BCUT2D eigenvalue weighted by Crippen LogP contribution is 2.05. The van der Waals surface area contributed by atoms with Gasteiger partial charge in [-0.05, 0) is 12.8 Å². The lowest BCUT2D eigenvalue weighted by Gasteiger charge is -2.13. The van der Waals surface area contributed by atoms with E-state index in [2.05, 4.69) is 16.0 Å². The summed E-state index contributed by atoms with van der Waals surface area (Å²) in [4.78, 5) is 22.1. The van der Waals surface area contributed by atoms with E-state index in [-0.39, 0.29) is 24.4 Å². The molecule has 1 fully saturated rings. The van der Waals surface area contributed by atoms with Crippen LogP contribution in [0.4, 0.5) is 0 Å². The van der Waals surface area contributed by atoms with E-state index in [1.165, 1.54) is 0 Å². The molecule has 0 aromatic rings. The summed E-state index contributed by atoms with van der Waals surface area (Å²) < 4.78 is 0. The van der Waals surface area contributed by atoms with Crippen LogP contribution in [-0.2, 0) is 9.59 Å². The van der Waals surface area contributed by atoms with Gasteiger partial charge in [0, 0.05) is 26.1 Å². The summed E-state index contributed by atoms with van der Waals surface area (Å²) in [5, 5.41) is 8.40. The van der Waals surface area contributed by atoms with Gasteiger partial charge >= 0.3 is 0 Å². The third-order valence-corrected chi connectivity index (χ3v) is 2.31. The molecular weight excluding hydrogens is 182 g/mol. The first-order valence-corrected chi connectivity index (χ1v) is 4.93. The zero-order valence-corrected chi connectivity index (χ0v) is 8.43. The van der Waals surface area contributed by atoms with Gasteiger partial charge in [0.2, 0.25) is 11.8 Å². The minimum Gasteiger partial charge on any atom is -0.358 e. The maximum Gasteiger partial charge on any atom is 0.233 e. The summed E-state index contributed by atoms with van der Waals surface area (Å²) in [6.07, 6.45) is 2.38. The smallest absolute Gasteiger partial charge is 0.233 e. The van der Waals surface area contributed by atoms with Gasteiger partial charge in [-0.2, -0.15) is 0 Å². The second kappa shape index (κ2) is 5.59. The van der Waals surface area contributed by atoms with Gasteiger partial charge in [-0.15, -0.1) is 0 Å². The first kappa shape index (κ1) is 11.0. The molecule has 0 bridgehead atoms. The fourth-order valence-corrected chi connectivity index (χ4v) is 1.47. The SMILES string of the molecule is CNC(=O)CNC1CCCNC(=O)C1. The Morgan fingerprint density at radius 1 is 1.64 bits per heavy atom. The first-order valence-electron chi connectivity index (χ1n) is 4.93. The lowest BCUT2D eigenvalue weighted by atomic mass is 10.1. The molecule has 0 aromatic carbocycles. The Kier molecular flexibility index (Phi) is 4.39. The minimum atomic E-state index is -0.0466. The molecule has 1 saturated heterocycles. The number of hydrogen-bond donors (Lipinski definition) is 3. The number of carbonyl (C=O) groups excluding carboxylic acids is 2. The Bertz CT molecular complexity index is 218. The van der Waals surface area contributed by atoms with Crippen molar-refractivity contribution < 1.29 is 9.59 Å². The van der Waals surface area contributed by atoms with Crippen LogP contribution in [0.25, 0.3) is 0 Å². The summed E-state index contributed by atoms with van der Waals surface area (Å²) >= 11 is 0. The predicted molar refractivity (Wildman–Crippen MR) is 52.7 cm³/mol. The molecule has 0 aliphatic carbocycles. The molecule has 1 rings (SSSR count). The van der Waals surface area contributed by atoms with Crippen molar-refractivity contribution in [3.05, 3.63) is 0 Å². The van der Waals surface area contributed by atoms with E-state index in [1.807, 2.05) is 0 Å². The lowest BCUT2D eigenvalue weighted by Crippen LogP contribution is -2.39. The van der Waals surface area contributed by atoms with Gasteiger partial charge in [-0.25, -0.2) is 0 Å². The molecule has 14 heavy (non-hydrogen) atoms. The standard InChI is InChI=1S/C9H17N3O2/c1-10-9(14)6-12-7-3-2-4-11-8(13)5-7/h7,12H,2-6H2,1H3,(H,10,14)(H,11,13). The van der Waals surface area contributed by atoms with Crippen LogP contribution in [0.2, 0.25) is 0 Å². The third kappa shape index (κ3) is 3.74. The third-order valence-electron chi connectivity index (χ3n) is 2.31. The van der Waals surface area contributed by atoms with Crippen LogP contribution in [0.5, 0.6) is 0 Å². The topological polar surface area (TPSA) is 70.2 Å². The Morgan fingerprint density at radius 2 is 2.43 bits per heavy atom. The molecule has 2 amide bonds. The van der Waals surface area contributed by atoms with E-state index in [0.29, 0.717) is 6.42 Å². The summed E-state index contributed by atoms with van der Waals surface area (Å²) in [6, 6.07) is 0.134. The van der Waals surface area contributed by atoms with Gasteiger partial charge in [0.05, 0.1) is 6.54 Å². The molecular formula is C9H17N3O2. The predicted octanol–water partition coefficient (Wildman–Crippen LogP) is -1.01. The van der Waals surface area contributed by atoms with Gasteiger partial charge < -0.3 is 16.0 Å². The quantitative estimate of drug-likeness (QED) is 0.545. The van der Waals surface area contributed by atoms with Gasteiger partial charge in [0.25, 0.3) is 0 Å². The number of rotatable bonds is 3. The summed E-state index contributed by atoms with van der Waals surface area (Å²) in [6.45, 7) is 1.03. The maximum absolute atomic E-state index is 11.2. The Balaban J connectivity index is 2.28.